The molecule has 8 nitrogen and oxygen atoms in total. The summed E-state index contributed by atoms with van der Waals surface area (Å²) < 4.78 is 5.51. The molecule has 0 unspecified atom stereocenters. The lowest BCUT2D eigenvalue weighted by Gasteiger charge is -2.15. The van der Waals surface area contributed by atoms with Gasteiger partial charge in [0, 0.05) is 11.3 Å². The highest BCUT2D eigenvalue weighted by Gasteiger charge is 2.29. The number of nitrogens with zero attached hydrogens (tertiary/aromatic N) is 1. The number of thiazole rings is 1. The highest BCUT2D eigenvalue weighted by molar-refractivity contribution is 7.09. The van der Waals surface area contributed by atoms with Gasteiger partial charge in [-0.25, -0.2) is 14.6 Å². The number of carboxylic acid groups (broad SMARTS) is 1. The van der Waals surface area contributed by atoms with Crippen LogP contribution in [-0.2, 0) is 16.1 Å². The lowest BCUT2D eigenvalue weighted by Crippen LogP contribution is -2.41. The fraction of sp³-hybridized carbons (Fsp3) is 0.308. The number of rotatable bonds is 9. The number of carbonyl (C=O) groups is 3. The molecule has 0 aliphatic heterocycles. The molecule has 3 N–H and O–H groups in total. The molecule has 1 aliphatic carbocycles. The molecule has 0 radical (unpaired) electrons. The topological polar surface area (TPSA) is 118 Å². The second-order valence-corrected chi connectivity index (χ2v) is 9.74. The molecule has 0 saturated carbocycles. The number of aliphatic carboxylic acids is 1. The van der Waals surface area contributed by atoms with Crippen LogP contribution in [0, 0.1) is 5.92 Å². The Morgan fingerprint density at radius 1 is 1.06 bits per heavy atom. The number of amides is 2. The molecule has 2 aromatic carbocycles. The molecular weight excluding hydrogens is 466 g/mol. The van der Waals surface area contributed by atoms with Crippen molar-refractivity contribution in [1.82, 2.24) is 15.6 Å². The van der Waals surface area contributed by atoms with Crippen LogP contribution < -0.4 is 10.6 Å². The molecule has 0 spiro atoms. The Morgan fingerprint density at radius 2 is 1.69 bits per heavy atom. The number of hydrogen-bond donors (Lipinski definition) is 3. The van der Waals surface area contributed by atoms with Crippen molar-refractivity contribution < 1.29 is 24.2 Å². The monoisotopic (exact) mass is 493 g/mol. The second kappa shape index (κ2) is 10.7. The minimum atomic E-state index is -1.08. The van der Waals surface area contributed by atoms with Crippen LogP contribution in [0.5, 0.6) is 0 Å². The summed E-state index contributed by atoms with van der Waals surface area (Å²) in [6.07, 6.45) is -0.252. The average Bonchev–Trinajstić information content (AvgIpc) is 3.44. The van der Waals surface area contributed by atoms with E-state index in [1.165, 1.54) is 11.3 Å². The molecule has 0 bridgehead atoms. The van der Waals surface area contributed by atoms with Crippen LogP contribution in [0.4, 0.5) is 4.79 Å². The fourth-order valence-corrected chi connectivity index (χ4v) is 4.93. The van der Waals surface area contributed by atoms with Gasteiger partial charge in [-0.3, -0.25) is 4.79 Å². The van der Waals surface area contributed by atoms with Crippen molar-refractivity contribution in [1.29, 1.82) is 0 Å². The number of fused-ring (bicyclic) bond motifs is 3. The summed E-state index contributed by atoms with van der Waals surface area (Å²) in [4.78, 5) is 40.4. The molecule has 0 saturated heterocycles. The number of aromatic nitrogens is 1. The highest BCUT2D eigenvalue weighted by atomic mass is 32.1. The zero-order valence-electron chi connectivity index (χ0n) is 19.5. The SMILES string of the molecule is CC(C)C[C@H](NC(=O)c1csc(CNC(=O)OCC2c3ccccc3-c3ccccc32)n1)C(=O)O. The third-order valence-corrected chi connectivity index (χ3v) is 6.67. The van der Waals surface area contributed by atoms with E-state index in [0.29, 0.717) is 11.4 Å². The molecule has 0 fully saturated rings. The zero-order valence-corrected chi connectivity index (χ0v) is 20.3. The van der Waals surface area contributed by atoms with Gasteiger partial charge >= 0.3 is 12.1 Å². The first-order chi connectivity index (χ1) is 16.8. The Kier molecular flexibility index (Phi) is 7.45. The third kappa shape index (κ3) is 5.68. The number of ether oxygens (including phenoxy) is 1. The van der Waals surface area contributed by atoms with Crippen molar-refractivity contribution in [3.8, 4) is 11.1 Å². The van der Waals surface area contributed by atoms with E-state index in [9.17, 15) is 19.5 Å². The summed E-state index contributed by atoms with van der Waals surface area (Å²) >= 11 is 1.20. The van der Waals surface area contributed by atoms with Gasteiger partial charge in [-0.2, -0.15) is 0 Å². The molecule has 3 aromatic rings. The smallest absolute Gasteiger partial charge is 0.407 e. The average molecular weight is 494 g/mol. The summed E-state index contributed by atoms with van der Waals surface area (Å²) in [5.74, 6) is -1.55. The van der Waals surface area contributed by atoms with E-state index in [1.54, 1.807) is 5.38 Å². The van der Waals surface area contributed by atoms with Crippen LogP contribution >= 0.6 is 11.3 Å². The van der Waals surface area contributed by atoms with Gasteiger partial charge < -0.3 is 20.5 Å². The van der Waals surface area contributed by atoms with E-state index in [1.807, 2.05) is 38.1 Å². The summed E-state index contributed by atoms with van der Waals surface area (Å²) in [6.45, 7) is 4.08. The lowest BCUT2D eigenvalue weighted by molar-refractivity contribution is -0.139. The zero-order chi connectivity index (χ0) is 24.9. The number of carbonyl (C=O) groups excluding carboxylic acids is 2. The van der Waals surface area contributed by atoms with E-state index in [4.69, 9.17) is 4.74 Å². The predicted octanol–water partition coefficient (Wildman–Crippen LogP) is 4.41. The molecule has 9 heteroatoms. The largest absolute Gasteiger partial charge is 0.480 e. The Hall–Kier alpha value is -3.72. The minimum Gasteiger partial charge on any atom is -0.480 e. The highest BCUT2D eigenvalue weighted by Crippen LogP contribution is 2.44. The Balaban J connectivity index is 1.30. The van der Waals surface area contributed by atoms with Crippen LogP contribution in [-0.4, -0.2) is 40.7 Å². The van der Waals surface area contributed by atoms with Crippen molar-refractivity contribution in [3.63, 3.8) is 0 Å². The minimum absolute atomic E-state index is 0.0312. The van der Waals surface area contributed by atoms with Crippen LogP contribution in [0.3, 0.4) is 0 Å². The third-order valence-electron chi connectivity index (χ3n) is 5.82. The standard InChI is InChI=1S/C26H27N3O5S/c1-15(2)11-21(25(31)32)29-24(30)22-14-35-23(28-22)12-27-26(33)34-13-20-18-9-5-3-7-16(18)17-8-4-6-10-19(17)20/h3-10,14-15,20-21H,11-13H2,1-2H3,(H,27,33)(H,29,30)(H,31,32)/t21-/m0/s1. The first kappa shape index (κ1) is 24.4. The number of alkyl carbamates (subject to hydrolysis) is 1. The van der Waals surface area contributed by atoms with Gasteiger partial charge in [0.2, 0.25) is 0 Å². The molecule has 182 valence electrons. The molecule has 1 aromatic heterocycles. The molecular formula is C26H27N3O5S. The number of benzene rings is 2. The van der Waals surface area contributed by atoms with Gasteiger partial charge in [0.05, 0.1) is 6.54 Å². The molecule has 1 atom stereocenters. The number of carboxylic acids is 1. The lowest BCUT2D eigenvalue weighted by atomic mass is 9.98. The van der Waals surface area contributed by atoms with Gasteiger partial charge in [0.1, 0.15) is 23.4 Å². The van der Waals surface area contributed by atoms with Crippen LogP contribution in [0.15, 0.2) is 53.9 Å². The van der Waals surface area contributed by atoms with Crippen LogP contribution in [0.25, 0.3) is 11.1 Å². The van der Waals surface area contributed by atoms with Crippen LogP contribution in [0.1, 0.15) is 52.8 Å². The van der Waals surface area contributed by atoms with Gasteiger partial charge in [-0.1, -0.05) is 62.4 Å². The van der Waals surface area contributed by atoms with E-state index in [-0.39, 0.29) is 30.7 Å². The maximum absolute atomic E-state index is 12.4. The van der Waals surface area contributed by atoms with Gasteiger partial charge in [0.25, 0.3) is 5.91 Å². The van der Waals surface area contributed by atoms with Crippen molar-refractivity contribution in [2.75, 3.05) is 6.61 Å². The normalized spacial score (nSPS) is 13.1. The molecule has 2 amide bonds. The summed E-state index contributed by atoms with van der Waals surface area (Å²) in [5.41, 5.74) is 4.70. The van der Waals surface area contributed by atoms with Crippen molar-refractivity contribution in [2.24, 2.45) is 5.92 Å². The van der Waals surface area contributed by atoms with Crippen molar-refractivity contribution in [2.45, 2.75) is 38.8 Å². The Labute approximate surface area is 207 Å². The summed E-state index contributed by atoms with van der Waals surface area (Å²) in [6, 6.07) is 15.2. The van der Waals surface area contributed by atoms with E-state index < -0.39 is 24.0 Å². The maximum Gasteiger partial charge on any atom is 0.407 e. The van der Waals surface area contributed by atoms with Gasteiger partial charge in [0.15, 0.2) is 0 Å². The first-order valence-electron chi connectivity index (χ1n) is 11.4. The van der Waals surface area contributed by atoms with Crippen molar-refractivity contribution >= 4 is 29.3 Å². The molecule has 35 heavy (non-hydrogen) atoms. The van der Waals surface area contributed by atoms with E-state index >= 15 is 0 Å². The fourth-order valence-electron chi connectivity index (χ4n) is 4.22. The van der Waals surface area contributed by atoms with Gasteiger partial charge in [-0.05, 0) is 34.6 Å². The van der Waals surface area contributed by atoms with E-state index in [0.717, 1.165) is 22.3 Å². The summed E-state index contributed by atoms with van der Waals surface area (Å²) in [5, 5.41) is 16.5. The molecule has 1 heterocycles. The van der Waals surface area contributed by atoms with Gasteiger partial charge in [-0.15, -0.1) is 11.3 Å². The van der Waals surface area contributed by atoms with E-state index in [2.05, 4.69) is 39.9 Å². The molecule has 1 aliphatic rings. The Bertz CT molecular complexity index is 1190. The quantitative estimate of drug-likeness (QED) is 0.406. The number of nitrogens with one attached hydrogen (secondary N) is 2. The Morgan fingerprint density at radius 3 is 2.29 bits per heavy atom. The molecule has 4 rings (SSSR count). The first-order valence-corrected chi connectivity index (χ1v) is 12.3. The summed E-state index contributed by atoms with van der Waals surface area (Å²) in [7, 11) is 0. The van der Waals surface area contributed by atoms with Crippen molar-refractivity contribution in [3.05, 3.63) is 75.7 Å². The predicted molar refractivity (Wildman–Crippen MR) is 132 cm³/mol. The number of hydrogen-bond acceptors (Lipinski definition) is 6. The second-order valence-electron chi connectivity index (χ2n) is 8.80. The maximum atomic E-state index is 12.4. The van der Waals surface area contributed by atoms with Crippen LogP contribution in [0.2, 0.25) is 0 Å².